The van der Waals surface area contributed by atoms with Gasteiger partial charge in [-0.2, -0.15) is 0 Å². The molecular weight excluding hydrogens is 322 g/mol. The molecule has 0 saturated heterocycles. The maximum atomic E-state index is 12.0. The first-order valence-corrected chi connectivity index (χ1v) is 9.93. The van der Waals surface area contributed by atoms with E-state index in [0.717, 1.165) is 23.4 Å². The van der Waals surface area contributed by atoms with E-state index in [1.807, 2.05) is 9.62 Å². The van der Waals surface area contributed by atoms with Gasteiger partial charge in [-0.25, -0.2) is 13.4 Å². The third-order valence-electron chi connectivity index (χ3n) is 3.62. The van der Waals surface area contributed by atoms with Gasteiger partial charge in [0.15, 0.2) is 0 Å². The highest BCUT2D eigenvalue weighted by atomic mass is 32.2. The molecule has 1 aromatic rings. The van der Waals surface area contributed by atoms with E-state index >= 15 is 0 Å². The second kappa shape index (κ2) is 5.90. The molecule has 1 aliphatic heterocycles. The maximum Gasteiger partial charge on any atom is 0.250 e. The number of amides is 1. The summed E-state index contributed by atoms with van der Waals surface area (Å²) in [4.78, 5) is 19.9. The zero-order chi connectivity index (χ0) is 16.7. The molecule has 1 unspecified atom stereocenters. The Morgan fingerprint density at radius 1 is 1.41 bits per heavy atom. The zero-order valence-electron chi connectivity index (χ0n) is 13.6. The minimum atomic E-state index is -3.52. The topological polar surface area (TPSA) is 79.4 Å². The predicted octanol–water partition coefficient (Wildman–Crippen LogP) is 1.26. The Kier molecular flexibility index (Phi) is 4.66. The van der Waals surface area contributed by atoms with Crippen molar-refractivity contribution in [2.45, 2.75) is 52.1 Å². The van der Waals surface area contributed by atoms with Crippen molar-refractivity contribution in [1.82, 2.24) is 14.6 Å². The summed E-state index contributed by atoms with van der Waals surface area (Å²) in [6.07, 6.45) is 1.78. The van der Waals surface area contributed by atoms with Gasteiger partial charge < -0.3 is 0 Å². The van der Waals surface area contributed by atoms with Crippen molar-refractivity contribution in [3.8, 4) is 0 Å². The fourth-order valence-corrected chi connectivity index (χ4v) is 4.03. The van der Waals surface area contributed by atoms with Gasteiger partial charge in [0.1, 0.15) is 0 Å². The number of thiazole rings is 1. The largest absolute Gasteiger partial charge is 0.287 e. The van der Waals surface area contributed by atoms with E-state index in [-0.39, 0.29) is 5.41 Å². The highest BCUT2D eigenvalue weighted by Gasteiger charge is 2.30. The number of fused-ring (bicyclic) bond motifs is 1. The Balaban J connectivity index is 2.11. The molecule has 0 aliphatic carbocycles. The van der Waals surface area contributed by atoms with Gasteiger partial charge in [-0.3, -0.25) is 14.4 Å². The number of nitrogens with zero attached hydrogens (tertiary/aromatic N) is 2. The molecule has 0 fully saturated rings. The van der Waals surface area contributed by atoms with E-state index in [1.54, 1.807) is 18.3 Å². The molecule has 0 spiro atoms. The van der Waals surface area contributed by atoms with Gasteiger partial charge in [0.25, 0.3) is 0 Å². The standard InChI is InChI=1S/C14H23N3O3S2/c1-9(12(18)16-22(5,19)20)17-7-6-10-11(8-17)21-13(15-10)14(2,3)4/h9H,6-8H2,1-5H3,(H,16,18). The summed E-state index contributed by atoms with van der Waals surface area (Å²) >= 11 is 1.69. The Labute approximate surface area is 136 Å². The van der Waals surface area contributed by atoms with E-state index in [4.69, 9.17) is 4.98 Å². The van der Waals surface area contributed by atoms with Crippen molar-refractivity contribution in [2.75, 3.05) is 12.8 Å². The van der Waals surface area contributed by atoms with Crippen LogP contribution < -0.4 is 4.72 Å². The van der Waals surface area contributed by atoms with Crippen molar-refractivity contribution in [3.05, 3.63) is 15.6 Å². The minimum absolute atomic E-state index is 0.0200. The van der Waals surface area contributed by atoms with Gasteiger partial charge in [-0.15, -0.1) is 11.3 Å². The number of aromatic nitrogens is 1. The third-order valence-corrected chi connectivity index (χ3v) is 5.70. The number of rotatable bonds is 3. The monoisotopic (exact) mass is 345 g/mol. The van der Waals surface area contributed by atoms with Crippen LogP contribution in [0.25, 0.3) is 0 Å². The van der Waals surface area contributed by atoms with Crippen LogP contribution in [0.2, 0.25) is 0 Å². The van der Waals surface area contributed by atoms with Crippen LogP contribution in [-0.2, 0) is 33.2 Å². The molecule has 1 amide bonds. The van der Waals surface area contributed by atoms with Crippen LogP contribution in [0.15, 0.2) is 0 Å². The number of nitrogens with one attached hydrogen (secondary N) is 1. The highest BCUT2D eigenvalue weighted by Crippen LogP contribution is 2.32. The molecule has 22 heavy (non-hydrogen) atoms. The fraction of sp³-hybridized carbons (Fsp3) is 0.714. The first-order valence-electron chi connectivity index (χ1n) is 7.22. The quantitative estimate of drug-likeness (QED) is 0.892. The fourth-order valence-electron chi connectivity index (χ4n) is 2.30. The smallest absolute Gasteiger partial charge is 0.250 e. The van der Waals surface area contributed by atoms with E-state index in [2.05, 4.69) is 20.8 Å². The van der Waals surface area contributed by atoms with E-state index in [0.29, 0.717) is 13.1 Å². The molecule has 6 nitrogen and oxygen atoms in total. The molecular formula is C14H23N3O3S2. The van der Waals surface area contributed by atoms with Crippen molar-refractivity contribution < 1.29 is 13.2 Å². The third kappa shape index (κ3) is 4.05. The van der Waals surface area contributed by atoms with Crippen molar-refractivity contribution >= 4 is 27.3 Å². The molecule has 2 heterocycles. The van der Waals surface area contributed by atoms with Gasteiger partial charge >= 0.3 is 0 Å². The van der Waals surface area contributed by atoms with Crippen LogP contribution in [0.1, 0.15) is 43.3 Å². The Morgan fingerprint density at radius 3 is 2.59 bits per heavy atom. The van der Waals surface area contributed by atoms with Crippen molar-refractivity contribution in [1.29, 1.82) is 0 Å². The molecule has 1 aliphatic rings. The SMILES string of the molecule is CC(C(=O)NS(C)(=O)=O)N1CCc2nc(C(C)(C)C)sc2C1. The van der Waals surface area contributed by atoms with E-state index in [1.165, 1.54) is 4.88 Å². The molecule has 1 aromatic heterocycles. The molecule has 0 radical (unpaired) electrons. The second-order valence-corrected chi connectivity index (χ2v) is 9.61. The lowest BCUT2D eigenvalue weighted by atomic mass is 9.98. The first-order chi connectivity index (χ1) is 9.97. The summed E-state index contributed by atoms with van der Waals surface area (Å²) in [5, 5.41) is 1.10. The van der Waals surface area contributed by atoms with Gasteiger partial charge in [-0.1, -0.05) is 20.8 Å². The normalized spacial score (nSPS) is 17.9. The van der Waals surface area contributed by atoms with E-state index in [9.17, 15) is 13.2 Å². The molecule has 0 aromatic carbocycles. The minimum Gasteiger partial charge on any atom is -0.287 e. The number of hydrogen-bond donors (Lipinski definition) is 1. The zero-order valence-corrected chi connectivity index (χ0v) is 15.3. The summed E-state index contributed by atoms with van der Waals surface area (Å²) in [6.45, 7) is 9.49. The lowest BCUT2D eigenvalue weighted by Crippen LogP contribution is -2.48. The summed E-state index contributed by atoms with van der Waals surface area (Å²) in [6, 6.07) is -0.483. The summed E-state index contributed by atoms with van der Waals surface area (Å²) < 4.78 is 24.4. The number of carbonyl (C=O) groups excluding carboxylic acids is 1. The molecule has 2 rings (SSSR count). The molecule has 1 atom stereocenters. The average Bonchev–Trinajstić information content (AvgIpc) is 2.78. The average molecular weight is 345 g/mol. The molecule has 0 saturated carbocycles. The Morgan fingerprint density at radius 2 is 2.05 bits per heavy atom. The molecule has 1 N–H and O–H groups in total. The molecule has 124 valence electrons. The second-order valence-electron chi connectivity index (χ2n) is 6.77. The van der Waals surface area contributed by atoms with Crippen LogP contribution in [-0.4, -0.2) is 43.1 Å². The van der Waals surface area contributed by atoms with Crippen LogP contribution >= 0.6 is 11.3 Å². The highest BCUT2D eigenvalue weighted by molar-refractivity contribution is 7.89. The number of carbonyl (C=O) groups is 1. The summed E-state index contributed by atoms with van der Waals surface area (Å²) in [5.74, 6) is -0.480. The van der Waals surface area contributed by atoms with Gasteiger partial charge in [0, 0.05) is 29.8 Å². The predicted molar refractivity (Wildman–Crippen MR) is 87.4 cm³/mol. The first kappa shape index (κ1) is 17.4. The van der Waals surface area contributed by atoms with Gasteiger partial charge in [0.05, 0.1) is 23.0 Å². The number of sulfonamides is 1. The maximum absolute atomic E-state index is 12.0. The lowest BCUT2D eigenvalue weighted by Gasteiger charge is -2.30. The van der Waals surface area contributed by atoms with Crippen LogP contribution in [0, 0.1) is 0 Å². The molecule has 0 bridgehead atoms. The summed E-state index contributed by atoms with van der Waals surface area (Å²) in [7, 11) is -3.52. The van der Waals surface area contributed by atoms with Crippen LogP contribution in [0.4, 0.5) is 0 Å². The number of hydrogen-bond acceptors (Lipinski definition) is 6. The van der Waals surface area contributed by atoms with Crippen LogP contribution in [0.5, 0.6) is 0 Å². The van der Waals surface area contributed by atoms with Gasteiger partial charge in [-0.05, 0) is 6.92 Å². The Bertz CT molecular complexity index is 674. The van der Waals surface area contributed by atoms with Gasteiger partial charge in [0.2, 0.25) is 15.9 Å². The van der Waals surface area contributed by atoms with Crippen molar-refractivity contribution in [2.24, 2.45) is 0 Å². The lowest BCUT2D eigenvalue weighted by molar-refractivity contribution is -0.124. The van der Waals surface area contributed by atoms with Crippen LogP contribution in [0.3, 0.4) is 0 Å². The summed E-state index contributed by atoms with van der Waals surface area (Å²) in [5.41, 5.74) is 1.13. The Hall–Kier alpha value is -0.990. The van der Waals surface area contributed by atoms with E-state index < -0.39 is 22.0 Å². The molecule has 8 heteroatoms. The van der Waals surface area contributed by atoms with Crippen molar-refractivity contribution in [3.63, 3.8) is 0 Å².